The highest BCUT2D eigenvalue weighted by atomic mass is 32.1. The molecule has 130 valence electrons. The van der Waals surface area contributed by atoms with Gasteiger partial charge >= 0.3 is 0 Å². The number of thiophene rings is 1. The summed E-state index contributed by atoms with van der Waals surface area (Å²) < 4.78 is 0. The zero-order valence-electron chi connectivity index (χ0n) is 14.0. The molecule has 3 heterocycles. The number of amides is 1. The third kappa shape index (κ3) is 3.12. The van der Waals surface area contributed by atoms with Crippen molar-refractivity contribution in [3.05, 3.63) is 76.7 Å². The molecule has 0 saturated carbocycles. The van der Waals surface area contributed by atoms with E-state index in [0.29, 0.717) is 11.4 Å². The van der Waals surface area contributed by atoms with Crippen molar-refractivity contribution in [2.75, 3.05) is 6.54 Å². The predicted octanol–water partition coefficient (Wildman–Crippen LogP) is 3.72. The van der Waals surface area contributed by atoms with Gasteiger partial charge in [0, 0.05) is 24.3 Å². The Morgan fingerprint density at radius 1 is 1.23 bits per heavy atom. The van der Waals surface area contributed by atoms with Crippen molar-refractivity contribution >= 4 is 28.3 Å². The van der Waals surface area contributed by atoms with Crippen LogP contribution in [0.1, 0.15) is 21.3 Å². The van der Waals surface area contributed by atoms with Crippen molar-refractivity contribution in [2.45, 2.75) is 6.04 Å². The summed E-state index contributed by atoms with van der Waals surface area (Å²) >= 11 is 1.43. The fourth-order valence-electron chi connectivity index (χ4n) is 3.00. The van der Waals surface area contributed by atoms with E-state index in [-0.39, 0.29) is 11.9 Å². The van der Waals surface area contributed by atoms with Gasteiger partial charge in [-0.3, -0.25) is 4.79 Å². The Hall–Kier alpha value is -2.96. The zero-order valence-corrected chi connectivity index (χ0v) is 14.8. The van der Waals surface area contributed by atoms with Gasteiger partial charge in [-0.05, 0) is 40.3 Å². The number of nitrogens with zero attached hydrogens (tertiary/aromatic N) is 1. The van der Waals surface area contributed by atoms with E-state index in [9.17, 15) is 4.79 Å². The van der Waals surface area contributed by atoms with E-state index >= 15 is 0 Å². The van der Waals surface area contributed by atoms with Gasteiger partial charge in [-0.2, -0.15) is 0 Å². The maximum atomic E-state index is 12.7. The molecule has 0 saturated heterocycles. The lowest BCUT2D eigenvalue weighted by atomic mass is 10.1. The molecule has 1 atom stereocenters. The molecule has 0 bridgehead atoms. The molecule has 0 aliphatic rings. The standard InChI is InChI=1S/C20H18N4OS/c21-11-17(13-4-2-1-3-5-13)24-20(25)18-10-14(12-26-18)15-6-8-22-19-16(15)7-9-23-19/h1-10,12,17H,11,21H2,(H,22,23)(H,24,25). The van der Waals surface area contributed by atoms with Crippen molar-refractivity contribution < 1.29 is 4.79 Å². The van der Waals surface area contributed by atoms with Crippen LogP contribution in [0, 0.1) is 0 Å². The second-order valence-corrected chi connectivity index (χ2v) is 6.88. The molecule has 0 aliphatic carbocycles. The lowest BCUT2D eigenvalue weighted by Gasteiger charge is -2.16. The average Bonchev–Trinajstić information content (AvgIpc) is 3.35. The predicted molar refractivity (Wildman–Crippen MR) is 105 cm³/mol. The van der Waals surface area contributed by atoms with Gasteiger partial charge in [-0.25, -0.2) is 4.98 Å². The van der Waals surface area contributed by atoms with E-state index in [4.69, 9.17) is 5.73 Å². The van der Waals surface area contributed by atoms with Crippen LogP contribution in [-0.2, 0) is 0 Å². The fourth-order valence-corrected chi connectivity index (χ4v) is 3.81. The van der Waals surface area contributed by atoms with Crippen LogP contribution in [0.25, 0.3) is 22.2 Å². The van der Waals surface area contributed by atoms with Crippen molar-refractivity contribution in [2.24, 2.45) is 5.73 Å². The Kier molecular flexibility index (Phi) is 4.51. The monoisotopic (exact) mass is 362 g/mol. The Labute approximate surface area is 154 Å². The first-order valence-electron chi connectivity index (χ1n) is 8.33. The number of aromatic amines is 1. The Bertz CT molecular complexity index is 1040. The smallest absolute Gasteiger partial charge is 0.261 e. The van der Waals surface area contributed by atoms with Crippen LogP contribution in [-0.4, -0.2) is 22.4 Å². The average molecular weight is 362 g/mol. The van der Waals surface area contributed by atoms with Crippen molar-refractivity contribution in [1.82, 2.24) is 15.3 Å². The van der Waals surface area contributed by atoms with Gasteiger partial charge in [-0.15, -0.1) is 11.3 Å². The molecule has 26 heavy (non-hydrogen) atoms. The number of hydrogen-bond acceptors (Lipinski definition) is 4. The van der Waals surface area contributed by atoms with Gasteiger partial charge in [0.15, 0.2) is 0 Å². The molecule has 1 aromatic carbocycles. The molecule has 1 unspecified atom stereocenters. The summed E-state index contributed by atoms with van der Waals surface area (Å²) in [4.78, 5) is 20.8. The second kappa shape index (κ2) is 7.11. The summed E-state index contributed by atoms with van der Waals surface area (Å²) in [6.45, 7) is 0.350. The van der Waals surface area contributed by atoms with Crippen molar-refractivity contribution in [3.63, 3.8) is 0 Å². The highest BCUT2D eigenvalue weighted by molar-refractivity contribution is 7.12. The fraction of sp³-hybridized carbons (Fsp3) is 0.100. The Morgan fingerprint density at radius 2 is 2.08 bits per heavy atom. The summed E-state index contributed by atoms with van der Waals surface area (Å²) in [6, 6.07) is 15.4. The van der Waals surface area contributed by atoms with E-state index in [1.54, 1.807) is 6.20 Å². The van der Waals surface area contributed by atoms with Crippen LogP contribution in [0.4, 0.5) is 0 Å². The highest BCUT2D eigenvalue weighted by Gasteiger charge is 2.17. The lowest BCUT2D eigenvalue weighted by molar-refractivity contribution is 0.0942. The van der Waals surface area contributed by atoms with Gasteiger partial charge in [0.05, 0.1) is 10.9 Å². The molecule has 6 heteroatoms. The van der Waals surface area contributed by atoms with Gasteiger partial charge in [0.2, 0.25) is 0 Å². The SMILES string of the molecule is NCC(NC(=O)c1cc(-c2ccnc3[nH]ccc23)cs1)c1ccccc1. The third-order valence-electron chi connectivity index (χ3n) is 4.34. The zero-order chi connectivity index (χ0) is 17.9. The van der Waals surface area contributed by atoms with Crippen LogP contribution in [0.15, 0.2) is 66.3 Å². The third-order valence-corrected chi connectivity index (χ3v) is 5.27. The minimum atomic E-state index is -0.202. The minimum Gasteiger partial charge on any atom is -0.346 e. The number of benzene rings is 1. The number of carbonyl (C=O) groups is 1. The number of fused-ring (bicyclic) bond motifs is 1. The van der Waals surface area contributed by atoms with Crippen LogP contribution in [0.3, 0.4) is 0 Å². The number of nitrogens with one attached hydrogen (secondary N) is 2. The highest BCUT2D eigenvalue weighted by Crippen LogP contribution is 2.30. The lowest BCUT2D eigenvalue weighted by Crippen LogP contribution is -2.32. The molecular weight excluding hydrogens is 344 g/mol. The van der Waals surface area contributed by atoms with Crippen molar-refractivity contribution in [3.8, 4) is 11.1 Å². The first kappa shape index (κ1) is 16.5. The largest absolute Gasteiger partial charge is 0.346 e. The molecule has 0 aliphatic heterocycles. The first-order valence-corrected chi connectivity index (χ1v) is 9.21. The molecular formula is C20H18N4OS. The quantitative estimate of drug-likeness (QED) is 0.506. The van der Waals surface area contributed by atoms with Crippen LogP contribution in [0.5, 0.6) is 0 Å². The van der Waals surface area contributed by atoms with E-state index in [0.717, 1.165) is 27.7 Å². The summed E-state index contributed by atoms with van der Waals surface area (Å²) in [5.74, 6) is -0.111. The summed E-state index contributed by atoms with van der Waals surface area (Å²) in [7, 11) is 0. The number of aromatic nitrogens is 2. The number of rotatable bonds is 5. The summed E-state index contributed by atoms with van der Waals surface area (Å²) in [5, 5.41) is 6.06. The minimum absolute atomic E-state index is 0.111. The molecule has 0 radical (unpaired) electrons. The summed E-state index contributed by atoms with van der Waals surface area (Å²) in [6.07, 6.45) is 3.64. The van der Waals surface area contributed by atoms with Gasteiger partial charge in [-0.1, -0.05) is 30.3 Å². The van der Waals surface area contributed by atoms with Gasteiger partial charge in [0.25, 0.3) is 5.91 Å². The van der Waals surface area contributed by atoms with Gasteiger partial charge in [0.1, 0.15) is 5.65 Å². The molecule has 5 nitrogen and oxygen atoms in total. The number of hydrogen-bond donors (Lipinski definition) is 3. The van der Waals surface area contributed by atoms with Crippen molar-refractivity contribution in [1.29, 1.82) is 0 Å². The molecule has 1 amide bonds. The van der Waals surface area contributed by atoms with Crippen LogP contribution in [0.2, 0.25) is 0 Å². The van der Waals surface area contributed by atoms with E-state index in [2.05, 4.69) is 15.3 Å². The molecule has 0 fully saturated rings. The Balaban J connectivity index is 1.58. The van der Waals surface area contributed by atoms with Crippen LogP contribution >= 0.6 is 11.3 Å². The van der Waals surface area contributed by atoms with E-state index < -0.39 is 0 Å². The Morgan fingerprint density at radius 3 is 2.88 bits per heavy atom. The normalized spacial score (nSPS) is 12.2. The topological polar surface area (TPSA) is 83.8 Å². The van der Waals surface area contributed by atoms with E-state index in [1.165, 1.54) is 11.3 Å². The van der Waals surface area contributed by atoms with Gasteiger partial charge < -0.3 is 16.0 Å². The molecule has 4 aromatic rings. The van der Waals surface area contributed by atoms with E-state index in [1.807, 2.05) is 60.1 Å². The van der Waals surface area contributed by atoms with Crippen LogP contribution < -0.4 is 11.1 Å². The number of pyridine rings is 1. The molecule has 4 rings (SSSR count). The molecule has 4 N–H and O–H groups in total. The first-order chi connectivity index (χ1) is 12.8. The maximum absolute atomic E-state index is 12.7. The number of H-pyrrole nitrogens is 1. The maximum Gasteiger partial charge on any atom is 0.261 e. The second-order valence-electron chi connectivity index (χ2n) is 5.97. The molecule has 0 spiro atoms. The molecule has 3 aromatic heterocycles. The number of carbonyl (C=O) groups excluding carboxylic acids is 1. The number of nitrogens with two attached hydrogens (primary N) is 1. The summed E-state index contributed by atoms with van der Waals surface area (Å²) in [5.41, 5.74) is 9.77.